The predicted molar refractivity (Wildman–Crippen MR) is 69.3 cm³/mol. The summed E-state index contributed by atoms with van der Waals surface area (Å²) < 4.78 is 10.6. The first kappa shape index (κ1) is 13.5. The molecule has 1 atom stereocenters. The van der Waals surface area contributed by atoms with Crippen molar-refractivity contribution in [3.8, 4) is 6.07 Å². The number of morpholine rings is 1. The summed E-state index contributed by atoms with van der Waals surface area (Å²) in [7, 11) is 0. The maximum absolute atomic E-state index is 8.90. The molecule has 0 saturated carbocycles. The van der Waals surface area contributed by atoms with Gasteiger partial charge in [-0.05, 0) is 6.92 Å². The second-order valence-electron chi connectivity index (χ2n) is 4.14. The molecule has 102 valence electrons. The Kier molecular flexibility index (Phi) is 4.49. The molecule has 1 aliphatic rings. The van der Waals surface area contributed by atoms with Crippen LogP contribution in [0.4, 0.5) is 11.6 Å². The van der Waals surface area contributed by atoms with Crippen molar-refractivity contribution < 1.29 is 9.47 Å². The fourth-order valence-corrected chi connectivity index (χ4v) is 1.86. The number of rotatable bonds is 4. The molecular formula is C12H17N5O2. The van der Waals surface area contributed by atoms with E-state index in [1.165, 1.54) is 0 Å². The lowest BCUT2D eigenvalue weighted by Gasteiger charge is -2.30. The summed E-state index contributed by atoms with van der Waals surface area (Å²) in [4.78, 5) is 10.5. The van der Waals surface area contributed by atoms with Gasteiger partial charge in [0.25, 0.3) is 0 Å². The van der Waals surface area contributed by atoms with E-state index < -0.39 is 6.10 Å². The Morgan fingerprint density at radius 1 is 1.63 bits per heavy atom. The minimum atomic E-state index is -0.430. The van der Waals surface area contributed by atoms with E-state index in [9.17, 15) is 0 Å². The second-order valence-corrected chi connectivity index (χ2v) is 4.14. The van der Waals surface area contributed by atoms with Crippen molar-refractivity contribution in [2.24, 2.45) is 0 Å². The Balaban J connectivity index is 2.14. The van der Waals surface area contributed by atoms with Crippen LogP contribution in [0.25, 0.3) is 0 Å². The Morgan fingerprint density at radius 2 is 2.47 bits per heavy atom. The van der Waals surface area contributed by atoms with E-state index in [0.717, 1.165) is 0 Å². The predicted octanol–water partition coefficient (Wildman–Crippen LogP) is 0.324. The first-order chi connectivity index (χ1) is 9.22. The van der Waals surface area contributed by atoms with Gasteiger partial charge in [0, 0.05) is 19.2 Å². The van der Waals surface area contributed by atoms with Crippen LogP contribution in [0.3, 0.4) is 0 Å². The molecular weight excluding hydrogens is 246 g/mol. The minimum Gasteiger partial charge on any atom is -0.384 e. The Bertz CT molecular complexity index is 474. The van der Waals surface area contributed by atoms with Crippen LogP contribution in [0.2, 0.25) is 0 Å². The van der Waals surface area contributed by atoms with Crippen molar-refractivity contribution in [3.05, 3.63) is 11.9 Å². The summed E-state index contributed by atoms with van der Waals surface area (Å²) in [5, 5.41) is 8.90. The molecule has 1 unspecified atom stereocenters. The van der Waals surface area contributed by atoms with E-state index >= 15 is 0 Å². The van der Waals surface area contributed by atoms with Gasteiger partial charge in [0.05, 0.1) is 19.2 Å². The Morgan fingerprint density at radius 3 is 3.21 bits per heavy atom. The lowest BCUT2D eigenvalue weighted by atomic mass is 10.3. The standard InChI is InChI=1S/C12H17N5O2/c1-2-18-8-11-15-10(14)5-12(16-11)17-3-4-19-9(6-13)7-17/h5,9H,2-4,7-8H2,1H3,(H2,14,15,16). The van der Waals surface area contributed by atoms with Gasteiger partial charge in [0.1, 0.15) is 18.2 Å². The van der Waals surface area contributed by atoms with Crippen LogP contribution in [-0.2, 0) is 16.1 Å². The Labute approximate surface area is 112 Å². The SMILES string of the molecule is CCOCc1nc(N)cc(N2CCOC(C#N)C2)n1. The van der Waals surface area contributed by atoms with Gasteiger partial charge >= 0.3 is 0 Å². The lowest BCUT2D eigenvalue weighted by Crippen LogP contribution is -2.42. The summed E-state index contributed by atoms with van der Waals surface area (Å²) in [6.45, 7) is 4.52. The molecule has 1 aromatic heterocycles. The number of nitrogens with zero attached hydrogens (tertiary/aromatic N) is 4. The summed E-state index contributed by atoms with van der Waals surface area (Å²) in [5.41, 5.74) is 5.78. The number of hydrogen-bond donors (Lipinski definition) is 1. The van der Waals surface area contributed by atoms with Gasteiger partial charge in [-0.1, -0.05) is 0 Å². The number of ether oxygens (including phenoxy) is 2. The van der Waals surface area contributed by atoms with Crippen LogP contribution in [-0.4, -0.2) is 42.4 Å². The fraction of sp³-hybridized carbons (Fsp3) is 0.583. The van der Waals surface area contributed by atoms with Gasteiger partial charge in [-0.2, -0.15) is 5.26 Å². The summed E-state index contributed by atoms with van der Waals surface area (Å²) in [6.07, 6.45) is -0.430. The third kappa shape index (κ3) is 3.53. The number of nitriles is 1. The first-order valence-corrected chi connectivity index (χ1v) is 6.20. The zero-order valence-corrected chi connectivity index (χ0v) is 10.9. The largest absolute Gasteiger partial charge is 0.384 e. The van der Waals surface area contributed by atoms with Crippen LogP contribution in [0.1, 0.15) is 12.7 Å². The molecule has 2 rings (SSSR count). The lowest BCUT2D eigenvalue weighted by molar-refractivity contribution is 0.0760. The van der Waals surface area contributed by atoms with Crippen molar-refractivity contribution in [3.63, 3.8) is 0 Å². The highest BCUT2D eigenvalue weighted by Crippen LogP contribution is 2.17. The number of nitrogen functional groups attached to an aromatic ring is 1. The van der Waals surface area contributed by atoms with E-state index in [2.05, 4.69) is 16.0 Å². The third-order valence-electron chi connectivity index (χ3n) is 2.75. The maximum Gasteiger partial charge on any atom is 0.161 e. The highest BCUT2D eigenvalue weighted by atomic mass is 16.5. The highest BCUT2D eigenvalue weighted by Gasteiger charge is 2.21. The minimum absolute atomic E-state index is 0.334. The van der Waals surface area contributed by atoms with Crippen LogP contribution in [0.15, 0.2) is 6.07 Å². The van der Waals surface area contributed by atoms with E-state index in [0.29, 0.717) is 50.4 Å². The van der Waals surface area contributed by atoms with Crippen molar-refractivity contribution in [1.82, 2.24) is 9.97 Å². The number of nitrogens with two attached hydrogens (primary N) is 1. The van der Waals surface area contributed by atoms with Gasteiger partial charge in [-0.3, -0.25) is 0 Å². The molecule has 0 aromatic carbocycles. The summed E-state index contributed by atoms with van der Waals surface area (Å²) in [5.74, 6) is 1.67. The molecule has 7 heteroatoms. The topological polar surface area (TPSA) is 97.3 Å². The molecule has 0 bridgehead atoms. The molecule has 1 aromatic rings. The summed E-state index contributed by atoms with van der Waals surface area (Å²) in [6, 6.07) is 3.81. The summed E-state index contributed by atoms with van der Waals surface area (Å²) >= 11 is 0. The van der Waals surface area contributed by atoms with Crippen molar-refractivity contribution >= 4 is 11.6 Å². The van der Waals surface area contributed by atoms with E-state index in [1.807, 2.05) is 11.8 Å². The van der Waals surface area contributed by atoms with Crippen molar-refractivity contribution in [2.45, 2.75) is 19.6 Å². The molecule has 0 radical (unpaired) electrons. The van der Waals surface area contributed by atoms with Crippen molar-refractivity contribution in [2.75, 3.05) is 36.9 Å². The molecule has 2 N–H and O–H groups in total. The van der Waals surface area contributed by atoms with Crippen LogP contribution < -0.4 is 10.6 Å². The average Bonchev–Trinajstić information content (AvgIpc) is 2.44. The molecule has 7 nitrogen and oxygen atoms in total. The average molecular weight is 263 g/mol. The molecule has 1 fully saturated rings. The molecule has 0 spiro atoms. The number of hydrogen-bond acceptors (Lipinski definition) is 7. The molecule has 0 amide bonds. The van der Waals surface area contributed by atoms with Crippen LogP contribution >= 0.6 is 0 Å². The van der Waals surface area contributed by atoms with Crippen molar-refractivity contribution in [1.29, 1.82) is 5.26 Å². The number of anilines is 2. The van der Waals surface area contributed by atoms with Crippen LogP contribution in [0, 0.1) is 11.3 Å². The highest BCUT2D eigenvalue weighted by molar-refractivity contribution is 5.47. The van der Waals surface area contributed by atoms with Gasteiger partial charge in [0.2, 0.25) is 0 Å². The van der Waals surface area contributed by atoms with Crippen LogP contribution in [0.5, 0.6) is 0 Å². The first-order valence-electron chi connectivity index (χ1n) is 6.20. The third-order valence-corrected chi connectivity index (χ3v) is 2.75. The zero-order valence-electron chi connectivity index (χ0n) is 10.9. The monoisotopic (exact) mass is 263 g/mol. The van der Waals surface area contributed by atoms with Gasteiger partial charge in [-0.15, -0.1) is 0 Å². The molecule has 0 aliphatic carbocycles. The number of aromatic nitrogens is 2. The van der Waals surface area contributed by atoms with E-state index in [-0.39, 0.29) is 0 Å². The smallest absolute Gasteiger partial charge is 0.161 e. The normalized spacial score (nSPS) is 19.2. The molecule has 1 saturated heterocycles. The van der Waals surface area contributed by atoms with Gasteiger partial charge < -0.3 is 20.1 Å². The second kappa shape index (κ2) is 6.31. The van der Waals surface area contributed by atoms with Gasteiger partial charge in [0.15, 0.2) is 11.9 Å². The van der Waals surface area contributed by atoms with E-state index in [1.54, 1.807) is 6.07 Å². The fourth-order valence-electron chi connectivity index (χ4n) is 1.86. The van der Waals surface area contributed by atoms with E-state index in [4.69, 9.17) is 20.5 Å². The zero-order chi connectivity index (χ0) is 13.7. The quantitative estimate of drug-likeness (QED) is 0.835. The van der Waals surface area contributed by atoms with Gasteiger partial charge in [-0.25, -0.2) is 9.97 Å². The molecule has 2 heterocycles. The molecule has 1 aliphatic heterocycles. The molecule has 19 heavy (non-hydrogen) atoms. The Hall–Kier alpha value is -1.91. The maximum atomic E-state index is 8.90.